The molecule has 3 aromatic heterocycles. The second-order valence-corrected chi connectivity index (χ2v) is 27.5. The summed E-state index contributed by atoms with van der Waals surface area (Å²) in [7, 11) is -9.85. The van der Waals surface area contributed by atoms with Gasteiger partial charge < -0.3 is 34.9 Å². The van der Waals surface area contributed by atoms with Crippen molar-refractivity contribution in [2.24, 2.45) is 0 Å². The molecule has 4 aliphatic heterocycles. The first-order chi connectivity index (χ1) is 37.6. The Morgan fingerprint density at radius 2 is 1.14 bits per heavy atom. The largest absolute Gasteiger partial charge is 0.444 e. The number of hydrogen-bond acceptors (Lipinski definition) is 18. The molecule has 0 saturated carbocycles. The first kappa shape index (κ1) is 62.3. The summed E-state index contributed by atoms with van der Waals surface area (Å²) < 4.78 is 148. The van der Waals surface area contributed by atoms with E-state index in [1.165, 1.54) is 6.20 Å². The van der Waals surface area contributed by atoms with Crippen LogP contribution in [0, 0.1) is 23.3 Å². The summed E-state index contributed by atoms with van der Waals surface area (Å²) in [6, 6.07) is 4.41. The Balaban J connectivity index is 0.000000172. The molecule has 7 heterocycles. The fraction of sp³-hybridized carbons (Fsp3) is 0.529. The summed E-state index contributed by atoms with van der Waals surface area (Å²) in [6.45, 7) is 12.5. The van der Waals surface area contributed by atoms with Crippen molar-refractivity contribution in [2.75, 3.05) is 32.0 Å². The molecule has 2 saturated heterocycles. The summed E-state index contributed by atoms with van der Waals surface area (Å²) in [5.41, 5.74) is 3.80. The Bertz CT molecular complexity index is 3340. The maximum atomic E-state index is 14.5. The van der Waals surface area contributed by atoms with E-state index in [4.69, 9.17) is 18.9 Å². The van der Waals surface area contributed by atoms with E-state index < -0.39 is 101 Å². The van der Waals surface area contributed by atoms with Crippen LogP contribution in [0.3, 0.4) is 0 Å². The first-order valence-electron chi connectivity index (χ1n) is 25.5. The number of fused-ring (bicyclic) bond motifs is 3. The van der Waals surface area contributed by atoms with Crippen molar-refractivity contribution in [3.63, 3.8) is 0 Å². The van der Waals surface area contributed by atoms with Crippen LogP contribution in [-0.2, 0) is 92.8 Å². The van der Waals surface area contributed by atoms with Gasteiger partial charge in [-0.15, -0.1) is 0 Å². The average Bonchev–Trinajstić information content (AvgIpc) is 4.21. The number of hydrogen-bond donors (Lipinski definition) is 3. The number of aryl methyl sites for hydroxylation is 2. The highest BCUT2D eigenvalue weighted by atomic mass is 32.2. The minimum absolute atomic E-state index is 0.0219. The van der Waals surface area contributed by atoms with Gasteiger partial charge >= 0.3 is 12.2 Å². The van der Waals surface area contributed by atoms with E-state index in [-0.39, 0.29) is 42.6 Å². The van der Waals surface area contributed by atoms with Crippen LogP contribution < -0.4 is 16.0 Å². The molecule has 1 aliphatic carbocycles. The van der Waals surface area contributed by atoms with Crippen LogP contribution in [0.2, 0.25) is 0 Å². The molecule has 0 radical (unpaired) electrons. The number of rotatable bonds is 8. The van der Waals surface area contributed by atoms with Crippen LogP contribution in [0.4, 0.5) is 27.2 Å². The van der Waals surface area contributed by atoms with Gasteiger partial charge in [0.2, 0.25) is 0 Å². The molecule has 2 aromatic carbocycles. The minimum Gasteiger partial charge on any atom is -0.444 e. The zero-order chi connectivity index (χ0) is 59.6. The molecule has 3 N–H and O–H groups in total. The van der Waals surface area contributed by atoms with Gasteiger partial charge in [-0.25, -0.2) is 52.4 Å². The minimum atomic E-state index is -3.47. The van der Waals surface area contributed by atoms with Gasteiger partial charge in [0.05, 0.1) is 54.5 Å². The van der Waals surface area contributed by atoms with E-state index in [0.29, 0.717) is 38.3 Å². The molecular weight excluding hydrogens is 1130 g/mol. The Morgan fingerprint density at radius 1 is 0.642 bits per heavy atom. The summed E-state index contributed by atoms with van der Waals surface area (Å²) in [5, 5.41) is 20.4. The predicted octanol–water partition coefficient (Wildman–Crippen LogP) is 5.07. The number of halogens is 4. The molecule has 30 heteroatoms. The molecule has 0 spiro atoms. The highest BCUT2D eigenvalue weighted by molar-refractivity contribution is 7.89. The number of carbonyl (C=O) groups is 3. The predicted molar refractivity (Wildman–Crippen MR) is 284 cm³/mol. The second-order valence-electron chi connectivity index (χ2n) is 22.0. The Kier molecular flexibility index (Phi) is 19.0. The average molecular weight is 1200 g/mol. The molecule has 444 valence electrons. The Hall–Kier alpha value is -6.31. The van der Waals surface area contributed by atoms with Gasteiger partial charge in [-0.05, 0) is 109 Å². The van der Waals surface area contributed by atoms with Crippen LogP contribution in [-0.4, -0.2) is 137 Å². The Labute approximate surface area is 467 Å². The molecule has 5 aromatic rings. The maximum Gasteiger partial charge on any atom is 0.407 e. The van der Waals surface area contributed by atoms with Gasteiger partial charge in [0.15, 0.2) is 5.78 Å². The lowest BCUT2D eigenvalue weighted by molar-refractivity contribution is -0.133. The molecule has 0 unspecified atom stereocenters. The number of amides is 2. The molecule has 81 heavy (non-hydrogen) atoms. The zero-order valence-electron chi connectivity index (χ0n) is 46.0. The molecular formula is C51H66F4N10O13S3. The van der Waals surface area contributed by atoms with E-state index in [0.717, 1.165) is 115 Å². The molecule has 0 bridgehead atoms. The van der Waals surface area contributed by atoms with E-state index in [1.54, 1.807) is 53.9 Å². The third-order valence-corrected chi connectivity index (χ3v) is 15.4. The number of carbonyl (C=O) groups excluding carboxylic acids is 3. The van der Waals surface area contributed by atoms with Crippen LogP contribution >= 0.6 is 0 Å². The van der Waals surface area contributed by atoms with Crippen LogP contribution in [0.1, 0.15) is 118 Å². The summed E-state index contributed by atoms with van der Waals surface area (Å²) in [5.74, 6) is -2.76. The fourth-order valence-electron chi connectivity index (χ4n) is 9.28. The van der Waals surface area contributed by atoms with Gasteiger partial charge in [-0.1, -0.05) is 0 Å². The van der Waals surface area contributed by atoms with Crippen molar-refractivity contribution in [1.82, 2.24) is 48.4 Å². The summed E-state index contributed by atoms with van der Waals surface area (Å²) >= 11 is 0. The van der Waals surface area contributed by atoms with Gasteiger partial charge in [0, 0.05) is 79.5 Å². The quantitative estimate of drug-likeness (QED) is 0.171. The number of nitrogens with zero attached hydrogens (tertiary/aromatic N) is 7. The van der Waals surface area contributed by atoms with Crippen molar-refractivity contribution >= 4 is 48.0 Å². The number of Topliss-reactive ketones (excluding diaryl/α,β-unsaturated/α-hetero) is 1. The lowest BCUT2D eigenvalue weighted by Crippen LogP contribution is -2.52. The lowest BCUT2D eigenvalue weighted by Gasteiger charge is -2.40. The monoisotopic (exact) mass is 1200 g/mol. The number of aromatic nitrogens is 6. The van der Waals surface area contributed by atoms with E-state index >= 15 is 0 Å². The number of ether oxygens (including phenoxy) is 4. The van der Waals surface area contributed by atoms with E-state index in [2.05, 4.69) is 36.1 Å². The van der Waals surface area contributed by atoms with Crippen molar-refractivity contribution in [1.29, 1.82) is 0 Å². The van der Waals surface area contributed by atoms with Crippen LogP contribution in [0.5, 0.6) is 0 Å². The Morgan fingerprint density at radius 3 is 1.64 bits per heavy atom. The topological polar surface area (TPSA) is 283 Å². The third-order valence-electron chi connectivity index (χ3n) is 12.8. The summed E-state index contributed by atoms with van der Waals surface area (Å²) in [6.07, 6.45) is 8.09. The molecule has 2 amide bonds. The lowest BCUT2D eigenvalue weighted by atomic mass is 9.92. The summed E-state index contributed by atoms with van der Waals surface area (Å²) in [4.78, 5) is 38.1. The smallest absolute Gasteiger partial charge is 0.407 e. The number of ketones is 1. The maximum absolute atomic E-state index is 14.5. The van der Waals surface area contributed by atoms with Crippen molar-refractivity contribution in [2.45, 2.75) is 141 Å². The van der Waals surface area contributed by atoms with Crippen LogP contribution in [0.25, 0.3) is 0 Å². The number of benzene rings is 2. The molecule has 5 aliphatic rings. The molecule has 5 atom stereocenters. The van der Waals surface area contributed by atoms with Crippen molar-refractivity contribution < 1.29 is 76.1 Å². The van der Waals surface area contributed by atoms with Gasteiger partial charge in [0.1, 0.15) is 53.3 Å². The van der Waals surface area contributed by atoms with Gasteiger partial charge in [0.25, 0.3) is 30.1 Å². The second kappa shape index (κ2) is 24.6. The zero-order valence-corrected chi connectivity index (χ0v) is 48.5. The fourth-order valence-corrected chi connectivity index (χ4v) is 11.0. The van der Waals surface area contributed by atoms with Crippen molar-refractivity contribution in [3.8, 4) is 0 Å². The highest BCUT2D eigenvalue weighted by Gasteiger charge is 2.41. The number of alkyl carbamates (subject to hydrolysis) is 2. The normalized spacial score (nSPS) is 21.0. The standard InChI is InChI=1S/C22H28F2N4O5S.C16H19F2NO4.C7H10N2O2S.C6H9N3O2S/c1-22(2,3)33-21(29)25-18-8-15(12-32-20(18)16-7-14(23)5-6-17(16)24)27-9-13-10-28(34(4,30)31)26-19(13)11-27;1-16(2,3)23-15(21)19-13-7-10(20)8-22-14(13)11-6-9(17)4-5-12(11)18;1-12(10,11)9-5-6-3-2-4-7(6)8-9;1-12(10,11)9-4-5-2-7-3-6(5)8-9/h5-7,10,15,18,20H,8-9,11-12H2,1-4H3,(H,25,29);4-6,13-14H,7-8H2,1-3H3,(H,19,21);5H,2-4H2,1H3;4,7H,2-3H2,1H3/t15-,18+,20-;13-,14+;;/m10../s1. The van der Waals surface area contributed by atoms with E-state index in [9.17, 15) is 57.2 Å². The number of nitrogens with one attached hydrogen (secondary N) is 3. The first-order valence-corrected chi connectivity index (χ1v) is 31.1. The SMILES string of the molecule is CC(C)(C)OC(=O)N[C@H]1CC(=O)CO[C@@H]1c1cc(F)ccc1F.CC(C)(C)OC(=O)N[C@H]1C[C@@H](N2Cc3cn(S(C)(=O)=O)nc3C2)CO[C@@H]1c1cc(F)ccc1F.CS(=O)(=O)n1cc2c(n1)CCC2.CS(=O)(=O)n1cc2c(n1)CNC2. The highest BCUT2D eigenvalue weighted by Crippen LogP contribution is 2.36. The molecule has 2 fully saturated rings. The molecule has 23 nitrogen and oxygen atoms in total. The van der Waals surface area contributed by atoms with Gasteiger partial charge in [-0.2, -0.15) is 27.6 Å². The van der Waals surface area contributed by atoms with Crippen LogP contribution in [0.15, 0.2) is 55.0 Å². The third kappa shape index (κ3) is 16.9. The molecule has 10 rings (SSSR count). The van der Waals surface area contributed by atoms with Gasteiger partial charge in [-0.3, -0.25) is 9.69 Å². The van der Waals surface area contributed by atoms with E-state index in [1.807, 2.05) is 0 Å². The van der Waals surface area contributed by atoms with Crippen molar-refractivity contribution in [3.05, 3.63) is 123 Å².